The van der Waals surface area contributed by atoms with Crippen LogP contribution in [0, 0.1) is 0 Å². The first-order valence-corrected chi connectivity index (χ1v) is 7.97. The normalized spacial score (nSPS) is 14.2. The molecular formula is C17H23N5O. The van der Waals surface area contributed by atoms with Crippen molar-refractivity contribution in [1.82, 2.24) is 25.0 Å². The predicted octanol–water partition coefficient (Wildman–Crippen LogP) is 1.77. The van der Waals surface area contributed by atoms with E-state index in [1.165, 1.54) is 12.8 Å². The van der Waals surface area contributed by atoms with Crippen molar-refractivity contribution in [1.29, 1.82) is 0 Å². The highest BCUT2D eigenvalue weighted by Crippen LogP contribution is 2.39. The molecule has 23 heavy (non-hydrogen) atoms. The van der Waals surface area contributed by atoms with Crippen LogP contribution in [0.2, 0.25) is 0 Å². The molecule has 0 bridgehead atoms. The Morgan fingerprint density at radius 2 is 2.17 bits per heavy atom. The fraction of sp³-hybridized carbons (Fsp3) is 0.471. The third-order valence-corrected chi connectivity index (χ3v) is 4.06. The number of carbonyl (C=O) groups excluding carboxylic acids is 1. The molecule has 0 aliphatic heterocycles. The van der Waals surface area contributed by atoms with Crippen molar-refractivity contribution in [2.24, 2.45) is 0 Å². The van der Waals surface area contributed by atoms with E-state index in [2.05, 4.69) is 21.2 Å². The number of aromatic amines is 1. The number of nitrogens with one attached hydrogen (secondary N) is 1. The van der Waals surface area contributed by atoms with E-state index in [1.807, 2.05) is 37.3 Å². The van der Waals surface area contributed by atoms with Gasteiger partial charge in [-0.1, -0.05) is 6.07 Å². The molecule has 2 aromatic heterocycles. The van der Waals surface area contributed by atoms with Gasteiger partial charge in [-0.15, -0.1) is 0 Å². The van der Waals surface area contributed by atoms with Gasteiger partial charge in [0.15, 0.2) is 0 Å². The Balaban J connectivity index is 1.48. The minimum Gasteiger partial charge on any atom is -0.339 e. The molecule has 0 radical (unpaired) electrons. The van der Waals surface area contributed by atoms with Crippen molar-refractivity contribution >= 4 is 5.91 Å². The summed E-state index contributed by atoms with van der Waals surface area (Å²) in [6.45, 7) is 1.66. The van der Waals surface area contributed by atoms with Gasteiger partial charge < -0.3 is 4.90 Å². The van der Waals surface area contributed by atoms with Crippen molar-refractivity contribution in [2.75, 3.05) is 20.6 Å². The molecular weight excluding hydrogens is 290 g/mol. The lowest BCUT2D eigenvalue weighted by atomic mass is 10.2. The summed E-state index contributed by atoms with van der Waals surface area (Å²) >= 11 is 0. The Bertz CT molecular complexity index is 650. The van der Waals surface area contributed by atoms with Gasteiger partial charge in [-0.25, -0.2) is 0 Å². The lowest BCUT2D eigenvalue weighted by Crippen LogP contribution is -2.36. The monoisotopic (exact) mass is 313 g/mol. The number of carbonyl (C=O) groups is 1. The molecule has 1 saturated carbocycles. The number of H-pyrrole nitrogens is 1. The molecule has 1 aliphatic carbocycles. The van der Waals surface area contributed by atoms with Gasteiger partial charge >= 0.3 is 0 Å². The minimum atomic E-state index is 0.0963. The van der Waals surface area contributed by atoms with Crippen LogP contribution in [0.25, 0.3) is 0 Å². The first kappa shape index (κ1) is 15.7. The largest absolute Gasteiger partial charge is 0.339 e. The van der Waals surface area contributed by atoms with E-state index in [4.69, 9.17) is 0 Å². The van der Waals surface area contributed by atoms with E-state index < -0.39 is 0 Å². The van der Waals surface area contributed by atoms with Crippen molar-refractivity contribution in [2.45, 2.75) is 31.8 Å². The summed E-state index contributed by atoms with van der Waals surface area (Å²) < 4.78 is 0. The minimum absolute atomic E-state index is 0.0963. The van der Waals surface area contributed by atoms with Gasteiger partial charge in [0.05, 0.1) is 24.5 Å². The molecule has 2 heterocycles. The van der Waals surface area contributed by atoms with Gasteiger partial charge in [0.1, 0.15) is 0 Å². The van der Waals surface area contributed by atoms with Crippen molar-refractivity contribution in [3.8, 4) is 0 Å². The maximum atomic E-state index is 12.3. The fourth-order valence-corrected chi connectivity index (χ4v) is 2.60. The Morgan fingerprint density at radius 3 is 2.87 bits per heavy atom. The molecule has 122 valence electrons. The first-order valence-electron chi connectivity index (χ1n) is 7.97. The van der Waals surface area contributed by atoms with E-state index >= 15 is 0 Å². The maximum absolute atomic E-state index is 12.3. The molecule has 0 saturated heterocycles. The van der Waals surface area contributed by atoms with Crippen LogP contribution in [0.5, 0.6) is 0 Å². The van der Waals surface area contributed by atoms with Gasteiger partial charge in [0.2, 0.25) is 5.91 Å². The van der Waals surface area contributed by atoms with Gasteiger partial charge in [0, 0.05) is 31.9 Å². The average Bonchev–Trinajstić information content (AvgIpc) is 3.28. The molecule has 0 unspecified atom stereocenters. The third kappa shape index (κ3) is 4.39. The summed E-state index contributed by atoms with van der Waals surface area (Å²) in [5.41, 5.74) is 3.24. The Hall–Kier alpha value is -2.21. The molecule has 3 rings (SSSR count). The topological polar surface area (TPSA) is 65.1 Å². The van der Waals surface area contributed by atoms with Gasteiger partial charge in [0.25, 0.3) is 0 Å². The summed E-state index contributed by atoms with van der Waals surface area (Å²) in [6.07, 6.45) is 6.05. The van der Waals surface area contributed by atoms with E-state index in [9.17, 15) is 4.79 Å². The highest BCUT2D eigenvalue weighted by Gasteiger charge is 2.26. The predicted molar refractivity (Wildman–Crippen MR) is 87.6 cm³/mol. The Morgan fingerprint density at radius 1 is 1.35 bits per heavy atom. The number of hydrogen-bond donors (Lipinski definition) is 1. The highest BCUT2D eigenvalue weighted by molar-refractivity contribution is 5.77. The number of nitrogens with zero attached hydrogens (tertiary/aromatic N) is 4. The van der Waals surface area contributed by atoms with E-state index in [-0.39, 0.29) is 5.91 Å². The van der Waals surface area contributed by atoms with Crippen LogP contribution in [0.1, 0.15) is 35.7 Å². The summed E-state index contributed by atoms with van der Waals surface area (Å²) in [5, 5.41) is 7.37. The van der Waals surface area contributed by atoms with E-state index in [0.717, 1.165) is 17.0 Å². The molecule has 6 heteroatoms. The molecule has 1 fully saturated rings. The zero-order chi connectivity index (χ0) is 16.2. The van der Waals surface area contributed by atoms with E-state index in [0.29, 0.717) is 25.6 Å². The SMILES string of the molecule is CN(CC(=O)N(C)Cc1cc(C2CC2)n[nH]1)Cc1cccnc1. The molecule has 1 N–H and O–H groups in total. The average molecular weight is 313 g/mol. The summed E-state index contributed by atoms with van der Waals surface area (Å²) in [5.74, 6) is 0.727. The van der Waals surface area contributed by atoms with Gasteiger partial charge in [-0.3, -0.25) is 19.8 Å². The molecule has 0 spiro atoms. The van der Waals surface area contributed by atoms with Crippen LogP contribution in [0.4, 0.5) is 0 Å². The lowest BCUT2D eigenvalue weighted by Gasteiger charge is -2.21. The standard InChI is InChI=1S/C17H23N5O/c1-21(10-13-4-3-7-18-9-13)12-17(23)22(2)11-15-8-16(20-19-15)14-5-6-14/h3-4,7-9,14H,5-6,10-12H2,1-2H3,(H,19,20). The van der Waals surface area contributed by atoms with Crippen LogP contribution in [-0.4, -0.2) is 51.5 Å². The Kier molecular flexibility index (Phi) is 4.71. The fourth-order valence-electron chi connectivity index (χ4n) is 2.60. The highest BCUT2D eigenvalue weighted by atomic mass is 16.2. The van der Waals surface area contributed by atoms with Crippen LogP contribution in [0.15, 0.2) is 30.6 Å². The molecule has 6 nitrogen and oxygen atoms in total. The Labute approximate surface area is 136 Å². The van der Waals surface area contributed by atoms with Crippen molar-refractivity contribution < 1.29 is 4.79 Å². The number of rotatable bonds is 7. The smallest absolute Gasteiger partial charge is 0.236 e. The number of hydrogen-bond acceptors (Lipinski definition) is 4. The van der Waals surface area contributed by atoms with Crippen LogP contribution < -0.4 is 0 Å². The molecule has 0 atom stereocenters. The van der Waals surface area contributed by atoms with Crippen molar-refractivity contribution in [3.05, 3.63) is 47.5 Å². The molecule has 0 aromatic carbocycles. The summed E-state index contributed by atoms with van der Waals surface area (Å²) in [4.78, 5) is 20.2. The number of amides is 1. The second kappa shape index (κ2) is 6.91. The quantitative estimate of drug-likeness (QED) is 0.846. The zero-order valence-corrected chi connectivity index (χ0v) is 13.7. The third-order valence-electron chi connectivity index (χ3n) is 4.06. The number of likely N-dealkylation sites (N-methyl/N-ethyl adjacent to an activating group) is 2. The van der Waals surface area contributed by atoms with Gasteiger partial charge in [-0.05, 0) is 37.6 Å². The summed E-state index contributed by atoms with van der Waals surface area (Å²) in [6, 6.07) is 6.01. The number of pyridine rings is 1. The molecule has 1 aliphatic rings. The molecule has 1 amide bonds. The second-order valence-corrected chi connectivity index (χ2v) is 6.38. The van der Waals surface area contributed by atoms with Crippen LogP contribution in [-0.2, 0) is 17.9 Å². The lowest BCUT2D eigenvalue weighted by molar-refractivity contribution is -0.131. The van der Waals surface area contributed by atoms with E-state index in [1.54, 1.807) is 11.1 Å². The second-order valence-electron chi connectivity index (χ2n) is 6.38. The van der Waals surface area contributed by atoms with Gasteiger partial charge in [-0.2, -0.15) is 5.10 Å². The maximum Gasteiger partial charge on any atom is 0.236 e. The summed E-state index contributed by atoms with van der Waals surface area (Å²) in [7, 11) is 3.78. The first-order chi connectivity index (χ1) is 11.1. The van der Waals surface area contributed by atoms with Crippen molar-refractivity contribution in [3.63, 3.8) is 0 Å². The number of aromatic nitrogens is 3. The van der Waals surface area contributed by atoms with Crippen LogP contribution in [0.3, 0.4) is 0 Å². The molecule has 2 aromatic rings. The zero-order valence-electron chi connectivity index (χ0n) is 13.7. The van der Waals surface area contributed by atoms with Crippen LogP contribution >= 0.6 is 0 Å².